The lowest BCUT2D eigenvalue weighted by atomic mass is 9.96. The van der Waals surface area contributed by atoms with Gasteiger partial charge in [-0.25, -0.2) is 9.97 Å². The minimum Gasteiger partial charge on any atom is -0.454 e. The number of carbonyl (C=O) groups is 1. The van der Waals surface area contributed by atoms with E-state index < -0.39 is 0 Å². The molecule has 0 atom stereocenters. The number of aromatic nitrogens is 2. The summed E-state index contributed by atoms with van der Waals surface area (Å²) in [5, 5.41) is 4.01. The molecule has 1 saturated heterocycles. The summed E-state index contributed by atoms with van der Waals surface area (Å²) in [5.41, 5.74) is 3.48. The SMILES string of the molecule is Cc1ccc(C)c(Sc2cc(N3CCC(C(=O)NCc4ccc5c(c4)OCO5)CC3)ncn2)c1. The Morgan fingerprint density at radius 3 is 2.74 bits per heavy atom. The largest absolute Gasteiger partial charge is 0.454 e. The number of nitrogens with one attached hydrogen (secondary N) is 1. The van der Waals surface area contributed by atoms with E-state index in [2.05, 4.69) is 52.2 Å². The van der Waals surface area contributed by atoms with Crippen LogP contribution in [0.4, 0.5) is 5.82 Å². The van der Waals surface area contributed by atoms with E-state index >= 15 is 0 Å². The number of ether oxygens (including phenoxy) is 2. The molecule has 0 bridgehead atoms. The highest BCUT2D eigenvalue weighted by Crippen LogP contribution is 2.33. The van der Waals surface area contributed by atoms with Crippen LogP contribution in [0, 0.1) is 19.8 Å². The Labute approximate surface area is 203 Å². The summed E-state index contributed by atoms with van der Waals surface area (Å²) in [7, 11) is 0. The number of aryl methyl sites for hydroxylation is 2. The molecule has 5 rings (SSSR count). The van der Waals surface area contributed by atoms with Crippen molar-refractivity contribution in [1.29, 1.82) is 0 Å². The molecule has 0 aliphatic carbocycles. The second-order valence-electron chi connectivity index (χ2n) is 8.75. The lowest BCUT2D eigenvalue weighted by Gasteiger charge is -2.32. The molecule has 176 valence electrons. The van der Waals surface area contributed by atoms with Gasteiger partial charge in [0.15, 0.2) is 11.5 Å². The van der Waals surface area contributed by atoms with Crippen LogP contribution in [0.3, 0.4) is 0 Å². The molecule has 0 radical (unpaired) electrons. The van der Waals surface area contributed by atoms with Crippen LogP contribution in [0.5, 0.6) is 11.5 Å². The molecule has 1 N–H and O–H groups in total. The van der Waals surface area contributed by atoms with Crippen molar-refractivity contribution < 1.29 is 14.3 Å². The third-order valence-corrected chi connectivity index (χ3v) is 7.37. The Bertz CT molecular complexity index is 1190. The highest BCUT2D eigenvalue weighted by Gasteiger charge is 2.26. The van der Waals surface area contributed by atoms with Crippen LogP contribution in [0.1, 0.15) is 29.5 Å². The van der Waals surface area contributed by atoms with E-state index in [1.807, 2.05) is 24.3 Å². The van der Waals surface area contributed by atoms with Gasteiger partial charge in [0.05, 0.1) is 0 Å². The van der Waals surface area contributed by atoms with Crippen molar-refractivity contribution in [2.45, 2.75) is 43.2 Å². The molecule has 0 spiro atoms. The van der Waals surface area contributed by atoms with Gasteiger partial charge in [-0.2, -0.15) is 0 Å². The fourth-order valence-corrected chi connectivity index (χ4v) is 5.21. The average molecular weight is 477 g/mol. The molecule has 34 heavy (non-hydrogen) atoms. The molecule has 2 aliphatic rings. The highest BCUT2D eigenvalue weighted by molar-refractivity contribution is 7.99. The van der Waals surface area contributed by atoms with Crippen LogP contribution in [-0.2, 0) is 11.3 Å². The summed E-state index contributed by atoms with van der Waals surface area (Å²) >= 11 is 1.67. The molecular formula is C26H28N4O3S. The zero-order valence-electron chi connectivity index (χ0n) is 19.4. The van der Waals surface area contributed by atoms with Crippen LogP contribution in [-0.4, -0.2) is 35.8 Å². The van der Waals surface area contributed by atoms with E-state index in [0.717, 1.165) is 53.8 Å². The molecule has 3 heterocycles. The number of fused-ring (bicyclic) bond motifs is 1. The first-order valence-corrected chi connectivity index (χ1v) is 12.3. The molecule has 1 fully saturated rings. The smallest absolute Gasteiger partial charge is 0.231 e. The first-order chi connectivity index (χ1) is 16.5. The Balaban J connectivity index is 1.15. The van der Waals surface area contributed by atoms with E-state index in [4.69, 9.17) is 9.47 Å². The van der Waals surface area contributed by atoms with Gasteiger partial charge in [0.2, 0.25) is 12.7 Å². The van der Waals surface area contributed by atoms with Crippen molar-refractivity contribution in [2.75, 3.05) is 24.8 Å². The normalized spacial score (nSPS) is 15.4. The van der Waals surface area contributed by atoms with Gasteiger partial charge in [-0.15, -0.1) is 0 Å². The van der Waals surface area contributed by atoms with Gasteiger partial charge >= 0.3 is 0 Å². The van der Waals surface area contributed by atoms with E-state index in [9.17, 15) is 4.79 Å². The summed E-state index contributed by atoms with van der Waals surface area (Å²) < 4.78 is 10.8. The Morgan fingerprint density at radius 1 is 1.06 bits per heavy atom. The number of carbonyl (C=O) groups excluding carboxylic acids is 1. The molecule has 2 aliphatic heterocycles. The van der Waals surface area contributed by atoms with Crippen molar-refractivity contribution in [3.63, 3.8) is 0 Å². The van der Waals surface area contributed by atoms with Crippen LogP contribution >= 0.6 is 11.8 Å². The van der Waals surface area contributed by atoms with Gasteiger partial charge < -0.3 is 19.7 Å². The zero-order valence-corrected chi connectivity index (χ0v) is 20.2. The number of benzene rings is 2. The molecule has 2 aromatic carbocycles. The van der Waals surface area contributed by atoms with Crippen LogP contribution in [0.25, 0.3) is 0 Å². The van der Waals surface area contributed by atoms with Crippen molar-refractivity contribution in [1.82, 2.24) is 15.3 Å². The second kappa shape index (κ2) is 9.93. The van der Waals surface area contributed by atoms with Gasteiger partial charge in [0.25, 0.3) is 0 Å². The molecule has 3 aromatic rings. The van der Waals surface area contributed by atoms with E-state index in [1.165, 1.54) is 16.0 Å². The van der Waals surface area contributed by atoms with Crippen molar-refractivity contribution >= 4 is 23.5 Å². The molecule has 0 unspecified atom stereocenters. The maximum Gasteiger partial charge on any atom is 0.231 e. The van der Waals surface area contributed by atoms with Crippen LogP contribution < -0.4 is 19.7 Å². The topological polar surface area (TPSA) is 76.6 Å². The summed E-state index contributed by atoms with van der Waals surface area (Å²) in [6.07, 6.45) is 3.24. The third-order valence-electron chi connectivity index (χ3n) is 6.28. The zero-order chi connectivity index (χ0) is 23.5. The lowest BCUT2D eigenvalue weighted by molar-refractivity contribution is -0.125. The maximum atomic E-state index is 12.8. The molecule has 1 aromatic heterocycles. The fourth-order valence-electron chi connectivity index (χ4n) is 4.24. The first-order valence-electron chi connectivity index (χ1n) is 11.5. The van der Waals surface area contributed by atoms with Gasteiger partial charge in [0.1, 0.15) is 17.2 Å². The van der Waals surface area contributed by atoms with E-state index in [-0.39, 0.29) is 18.6 Å². The van der Waals surface area contributed by atoms with Crippen molar-refractivity contribution in [3.05, 3.63) is 65.5 Å². The Morgan fingerprint density at radius 2 is 1.88 bits per heavy atom. The van der Waals surface area contributed by atoms with Crippen LogP contribution in [0.15, 0.2) is 58.7 Å². The van der Waals surface area contributed by atoms with Crippen molar-refractivity contribution in [3.8, 4) is 11.5 Å². The highest BCUT2D eigenvalue weighted by atomic mass is 32.2. The average Bonchev–Trinajstić information content (AvgIpc) is 3.33. The number of nitrogens with zero attached hydrogens (tertiary/aromatic N) is 3. The predicted molar refractivity (Wildman–Crippen MR) is 131 cm³/mol. The quantitative estimate of drug-likeness (QED) is 0.525. The van der Waals surface area contributed by atoms with Crippen molar-refractivity contribution in [2.24, 2.45) is 5.92 Å². The minimum absolute atomic E-state index is 0.0101. The molecule has 1 amide bonds. The molecular weight excluding hydrogens is 448 g/mol. The summed E-state index contributed by atoms with van der Waals surface area (Å²) in [6, 6.07) is 14.3. The molecule has 8 heteroatoms. The predicted octanol–water partition coefficient (Wildman–Crippen LogP) is 4.51. The summed E-state index contributed by atoms with van der Waals surface area (Å²) in [6.45, 7) is 6.55. The minimum atomic E-state index is 0.0101. The Kier molecular flexibility index (Phi) is 6.58. The monoisotopic (exact) mass is 476 g/mol. The molecule has 7 nitrogen and oxygen atoms in total. The van der Waals surface area contributed by atoms with E-state index in [0.29, 0.717) is 6.54 Å². The van der Waals surface area contributed by atoms with Gasteiger partial charge in [-0.3, -0.25) is 4.79 Å². The number of hydrogen-bond donors (Lipinski definition) is 1. The number of hydrogen-bond acceptors (Lipinski definition) is 7. The lowest BCUT2D eigenvalue weighted by Crippen LogP contribution is -2.40. The van der Waals surface area contributed by atoms with Crippen LogP contribution in [0.2, 0.25) is 0 Å². The van der Waals surface area contributed by atoms with Gasteiger partial charge in [-0.1, -0.05) is 30.0 Å². The maximum absolute atomic E-state index is 12.8. The number of piperidine rings is 1. The standard InChI is InChI=1S/C26H28N4O3S/c1-17-3-4-18(2)23(11-17)34-25-13-24(28-15-29-25)30-9-7-20(8-10-30)26(31)27-14-19-5-6-21-22(12-19)33-16-32-21/h3-6,11-13,15,20H,7-10,14,16H2,1-2H3,(H,27,31). The number of rotatable bonds is 6. The Hall–Kier alpha value is -3.26. The number of amides is 1. The summed E-state index contributed by atoms with van der Waals surface area (Å²) in [5.74, 6) is 2.52. The van der Waals surface area contributed by atoms with Gasteiger partial charge in [0, 0.05) is 36.5 Å². The van der Waals surface area contributed by atoms with E-state index in [1.54, 1.807) is 18.1 Å². The third kappa shape index (κ3) is 5.12. The second-order valence-corrected chi connectivity index (χ2v) is 9.81. The van der Waals surface area contributed by atoms with Gasteiger partial charge in [-0.05, 0) is 61.6 Å². The first kappa shape index (κ1) is 22.5. The number of anilines is 1. The fraction of sp³-hybridized carbons (Fsp3) is 0.346. The summed E-state index contributed by atoms with van der Waals surface area (Å²) in [4.78, 5) is 25.2. The molecule has 0 saturated carbocycles.